The van der Waals surface area contributed by atoms with Crippen LogP contribution >= 0.6 is 0 Å². The number of aliphatic hydroxyl groups is 1. The molecule has 1 N–H and O–H groups in total. The molecule has 0 radical (unpaired) electrons. The van der Waals surface area contributed by atoms with Gasteiger partial charge >= 0.3 is 0 Å². The van der Waals surface area contributed by atoms with Crippen LogP contribution in [0.2, 0.25) is 0 Å². The average molecular weight is 218 g/mol. The van der Waals surface area contributed by atoms with Crippen LogP contribution in [0.4, 0.5) is 0 Å². The van der Waals surface area contributed by atoms with Crippen molar-refractivity contribution in [2.24, 2.45) is 0 Å². The van der Waals surface area contributed by atoms with Crippen LogP contribution in [0, 0.1) is 0 Å². The Labute approximate surface area is 94.3 Å². The Kier molecular flexibility index (Phi) is 3.75. The van der Waals surface area contributed by atoms with Crippen molar-refractivity contribution in [1.29, 1.82) is 0 Å². The van der Waals surface area contributed by atoms with Crippen LogP contribution in [0.15, 0.2) is 47.1 Å². The molecule has 0 aliphatic carbocycles. The fraction of sp³-hybridized carbons (Fsp3) is 0.231. The Hall–Kier alpha value is -1.58. The first-order valence-electron chi connectivity index (χ1n) is 5.18. The minimum absolute atomic E-state index is 0.00694. The van der Waals surface area contributed by atoms with Gasteiger partial charge in [-0.15, -0.1) is 0 Å². The van der Waals surface area contributed by atoms with Gasteiger partial charge in [-0.2, -0.15) is 0 Å². The highest BCUT2D eigenvalue weighted by Crippen LogP contribution is 2.17. The molecule has 2 heterocycles. The Morgan fingerprint density at radius 3 is 2.12 bits per heavy atom. The molecule has 2 aromatic rings. The second-order valence-corrected chi connectivity index (χ2v) is 3.50. The smallest absolute Gasteiger partial charge is 0.129 e. The van der Waals surface area contributed by atoms with E-state index in [0.717, 1.165) is 13.2 Å². The molecule has 1 aromatic carbocycles. The highest BCUT2D eigenvalue weighted by atomic mass is 16.5. The van der Waals surface area contributed by atoms with Crippen LogP contribution in [-0.4, -0.2) is 5.11 Å². The molecular formula is C13H14O3. The summed E-state index contributed by atoms with van der Waals surface area (Å²) in [6, 6.07) is 11.8. The highest BCUT2D eigenvalue weighted by Gasteiger charge is 2.07. The van der Waals surface area contributed by atoms with E-state index in [0.29, 0.717) is 5.76 Å². The van der Waals surface area contributed by atoms with E-state index in [9.17, 15) is 0 Å². The third-order valence-corrected chi connectivity index (χ3v) is 2.37. The third kappa shape index (κ3) is 2.72. The summed E-state index contributed by atoms with van der Waals surface area (Å²) >= 11 is 0. The molecule has 84 valence electrons. The monoisotopic (exact) mass is 218 g/mol. The fourth-order valence-electron chi connectivity index (χ4n) is 1.51. The van der Waals surface area contributed by atoms with Gasteiger partial charge in [-0.1, -0.05) is 24.3 Å². The van der Waals surface area contributed by atoms with Gasteiger partial charge in [0, 0.05) is 0 Å². The van der Waals surface area contributed by atoms with Crippen molar-refractivity contribution in [2.75, 3.05) is 0 Å². The second kappa shape index (κ2) is 5.49. The summed E-state index contributed by atoms with van der Waals surface area (Å²) in [4.78, 5) is 0. The quantitative estimate of drug-likeness (QED) is 0.799. The molecule has 3 heteroatoms. The number of rotatable bonds is 1. The second-order valence-electron chi connectivity index (χ2n) is 3.50. The van der Waals surface area contributed by atoms with E-state index in [1.807, 2.05) is 12.1 Å². The molecule has 1 aliphatic rings. The predicted molar refractivity (Wildman–Crippen MR) is 59.6 cm³/mol. The maximum atomic E-state index is 8.33. The lowest BCUT2D eigenvalue weighted by molar-refractivity contribution is 0.134. The van der Waals surface area contributed by atoms with Crippen LogP contribution in [0.5, 0.6) is 0 Å². The molecule has 0 bridgehead atoms. The molecule has 0 unspecified atom stereocenters. The maximum absolute atomic E-state index is 8.33. The fourth-order valence-corrected chi connectivity index (χ4v) is 1.51. The first kappa shape index (κ1) is 10.9. The molecule has 1 aromatic heterocycles. The van der Waals surface area contributed by atoms with Crippen LogP contribution in [-0.2, 0) is 24.6 Å². The van der Waals surface area contributed by atoms with Crippen molar-refractivity contribution in [1.82, 2.24) is 0 Å². The van der Waals surface area contributed by atoms with Crippen LogP contribution in [0.3, 0.4) is 0 Å². The van der Waals surface area contributed by atoms with Gasteiger partial charge in [0.1, 0.15) is 12.4 Å². The van der Waals surface area contributed by atoms with E-state index in [-0.39, 0.29) is 6.61 Å². The summed E-state index contributed by atoms with van der Waals surface area (Å²) < 4.78 is 9.95. The van der Waals surface area contributed by atoms with Gasteiger partial charge in [0.05, 0.1) is 19.5 Å². The number of furan rings is 1. The molecule has 0 atom stereocenters. The van der Waals surface area contributed by atoms with Gasteiger partial charge in [0.2, 0.25) is 0 Å². The zero-order valence-corrected chi connectivity index (χ0v) is 8.93. The molecule has 3 rings (SSSR count). The van der Waals surface area contributed by atoms with Crippen molar-refractivity contribution < 1.29 is 14.3 Å². The number of hydrogen-bond donors (Lipinski definition) is 1. The van der Waals surface area contributed by atoms with Gasteiger partial charge in [-0.05, 0) is 23.3 Å². The van der Waals surface area contributed by atoms with E-state index in [2.05, 4.69) is 12.1 Å². The summed E-state index contributed by atoms with van der Waals surface area (Å²) in [5.41, 5.74) is 2.69. The van der Waals surface area contributed by atoms with Gasteiger partial charge in [0.25, 0.3) is 0 Å². The first-order valence-corrected chi connectivity index (χ1v) is 5.18. The third-order valence-electron chi connectivity index (χ3n) is 2.37. The molecular weight excluding hydrogens is 204 g/mol. The minimum atomic E-state index is -0.00694. The maximum Gasteiger partial charge on any atom is 0.129 e. The molecule has 3 nitrogen and oxygen atoms in total. The number of aliphatic hydroxyl groups excluding tert-OH is 1. The predicted octanol–water partition coefficient (Wildman–Crippen LogP) is 2.49. The molecule has 0 amide bonds. The summed E-state index contributed by atoms with van der Waals surface area (Å²) in [6.07, 6.45) is 1.53. The topological polar surface area (TPSA) is 42.6 Å². The summed E-state index contributed by atoms with van der Waals surface area (Å²) in [7, 11) is 0. The first-order chi connectivity index (χ1) is 7.90. The van der Waals surface area contributed by atoms with Crippen molar-refractivity contribution >= 4 is 0 Å². The van der Waals surface area contributed by atoms with E-state index < -0.39 is 0 Å². The van der Waals surface area contributed by atoms with Gasteiger partial charge < -0.3 is 14.3 Å². The number of hydrogen-bond acceptors (Lipinski definition) is 3. The molecule has 1 aliphatic heterocycles. The van der Waals surface area contributed by atoms with Crippen LogP contribution in [0.25, 0.3) is 0 Å². The summed E-state index contributed by atoms with van der Waals surface area (Å²) in [5.74, 6) is 0.611. The van der Waals surface area contributed by atoms with Crippen molar-refractivity contribution in [3.8, 4) is 0 Å². The normalized spacial score (nSPS) is 12.8. The van der Waals surface area contributed by atoms with Gasteiger partial charge in [0.15, 0.2) is 0 Å². The van der Waals surface area contributed by atoms with Crippen molar-refractivity contribution in [2.45, 2.75) is 19.8 Å². The zero-order valence-electron chi connectivity index (χ0n) is 8.93. The van der Waals surface area contributed by atoms with E-state index in [1.54, 1.807) is 12.1 Å². The SMILES string of the molecule is OCc1ccco1.c1ccc2c(c1)COC2. The molecule has 16 heavy (non-hydrogen) atoms. The minimum Gasteiger partial charge on any atom is -0.467 e. The number of fused-ring (bicyclic) bond motifs is 1. The lowest BCUT2D eigenvalue weighted by atomic mass is 10.1. The van der Waals surface area contributed by atoms with Gasteiger partial charge in [-0.3, -0.25) is 0 Å². The highest BCUT2D eigenvalue weighted by molar-refractivity contribution is 5.27. The largest absolute Gasteiger partial charge is 0.467 e. The molecule has 0 spiro atoms. The lowest BCUT2D eigenvalue weighted by Gasteiger charge is -1.90. The average Bonchev–Trinajstić information content (AvgIpc) is 3.01. The molecule has 0 fully saturated rings. The number of benzene rings is 1. The van der Waals surface area contributed by atoms with E-state index >= 15 is 0 Å². The summed E-state index contributed by atoms with van der Waals surface area (Å²) in [5, 5.41) is 8.33. The standard InChI is InChI=1S/C8H8O.C5H6O2/c1-2-4-8-6-9-5-7(8)3-1;6-4-5-2-1-3-7-5/h1-4H,5-6H2;1-3,6H,4H2. The Balaban J connectivity index is 0.000000125. The Morgan fingerprint density at radius 2 is 1.69 bits per heavy atom. The Morgan fingerprint density at radius 1 is 1.00 bits per heavy atom. The summed E-state index contributed by atoms with van der Waals surface area (Å²) in [6.45, 7) is 1.60. The van der Waals surface area contributed by atoms with Crippen LogP contribution < -0.4 is 0 Å². The number of ether oxygens (including phenoxy) is 1. The Bertz CT molecular complexity index is 398. The molecule has 0 saturated carbocycles. The zero-order chi connectivity index (χ0) is 11.2. The molecule has 0 saturated heterocycles. The van der Waals surface area contributed by atoms with E-state index in [4.69, 9.17) is 14.3 Å². The van der Waals surface area contributed by atoms with Gasteiger partial charge in [-0.25, -0.2) is 0 Å². The van der Waals surface area contributed by atoms with Crippen molar-refractivity contribution in [3.05, 3.63) is 59.5 Å². The van der Waals surface area contributed by atoms with Crippen molar-refractivity contribution in [3.63, 3.8) is 0 Å². The van der Waals surface area contributed by atoms with Crippen LogP contribution in [0.1, 0.15) is 16.9 Å². The lowest BCUT2D eigenvalue weighted by Crippen LogP contribution is -1.77. The van der Waals surface area contributed by atoms with E-state index in [1.165, 1.54) is 17.4 Å².